The Bertz CT molecular complexity index is 2710. The molecule has 0 fully saturated rings. The summed E-state index contributed by atoms with van der Waals surface area (Å²) in [6, 6.07) is 43.5. The summed E-state index contributed by atoms with van der Waals surface area (Å²) < 4.78 is 2.54. The Kier molecular flexibility index (Phi) is 6.03. The zero-order valence-corrected chi connectivity index (χ0v) is 26.4. The second kappa shape index (κ2) is 10.3. The number of nitro groups is 2. The minimum absolute atomic E-state index is 0.0607. The molecular weight excluding hydrogens is 651 g/mol. The normalized spacial score (nSPS) is 11.7. The molecule has 0 bridgehead atoms. The summed E-state index contributed by atoms with van der Waals surface area (Å²) in [7, 11) is 0. The van der Waals surface area contributed by atoms with Crippen molar-refractivity contribution < 1.29 is 9.85 Å². The molecule has 6 nitrogen and oxygen atoms in total. The number of nitro benzene ring substituents is 2. The maximum absolute atomic E-state index is 12.3. The van der Waals surface area contributed by atoms with Gasteiger partial charge in [-0.1, -0.05) is 0 Å². The third-order valence-corrected chi connectivity index (χ3v) is 11.6. The third kappa shape index (κ3) is 4.04. The van der Waals surface area contributed by atoms with E-state index in [1.165, 1.54) is 19.3 Å². The maximum atomic E-state index is 12.3. The van der Waals surface area contributed by atoms with Crippen molar-refractivity contribution >= 4 is 88.3 Å². The monoisotopic (exact) mass is 674 g/mol. The minimum atomic E-state index is -0.273. The molecule has 0 unspecified atom stereocenters. The van der Waals surface area contributed by atoms with E-state index in [1.54, 1.807) is 0 Å². The third-order valence-electron chi connectivity index (χ3n) is 9.22. The molecule has 9 aromatic rings. The van der Waals surface area contributed by atoms with Crippen LogP contribution in [-0.4, -0.2) is 24.4 Å². The number of nitrogens with zero attached hydrogens (tertiary/aromatic N) is 2. The van der Waals surface area contributed by atoms with E-state index in [1.807, 2.05) is 97.1 Å². The molecule has 0 aliphatic carbocycles. The summed E-state index contributed by atoms with van der Waals surface area (Å²) >= 11 is 0.0607. The first-order valence-electron chi connectivity index (χ1n) is 15.1. The van der Waals surface area contributed by atoms with Crippen LogP contribution in [0.1, 0.15) is 0 Å². The molecule has 0 N–H and O–H groups in total. The first-order valence-corrected chi connectivity index (χ1v) is 16.8. The van der Waals surface area contributed by atoms with Gasteiger partial charge in [0.2, 0.25) is 0 Å². The van der Waals surface area contributed by atoms with Crippen molar-refractivity contribution in [2.24, 2.45) is 0 Å². The Labute approximate surface area is 273 Å². The number of hydrogen-bond acceptors (Lipinski definition) is 4. The first-order chi connectivity index (χ1) is 23.0. The van der Waals surface area contributed by atoms with Crippen LogP contribution >= 0.6 is 0 Å². The van der Waals surface area contributed by atoms with Crippen LogP contribution in [0.5, 0.6) is 0 Å². The van der Waals surface area contributed by atoms with Gasteiger partial charge in [0.1, 0.15) is 0 Å². The van der Waals surface area contributed by atoms with Crippen molar-refractivity contribution in [3.8, 4) is 22.3 Å². The van der Waals surface area contributed by atoms with Crippen LogP contribution in [0.4, 0.5) is 11.4 Å². The fraction of sp³-hybridized carbons (Fsp3) is 0. The summed E-state index contributed by atoms with van der Waals surface area (Å²) in [6.07, 6.45) is 0. The molecule has 9 rings (SSSR count). The summed E-state index contributed by atoms with van der Waals surface area (Å²) in [4.78, 5) is 24.0. The van der Waals surface area contributed by atoms with Gasteiger partial charge in [-0.25, -0.2) is 0 Å². The Balaban J connectivity index is 1.29. The Morgan fingerprint density at radius 2 is 0.766 bits per heavy atom. The van der Waals surface area contributed by atoms with Gasteiger partial charge >= 0.3 is 274 Å². The molecule has 1 heterocycles. The SMILES string of the molecule is O=[N+]([O-])c1c2ccccc2c(-c2ccc3c(c2)[se]c2ccc(-c4c5ccccc5c([N+](=O)[O-])c5ccccc45)cc23)c2ccccc12. The molecule has 0 aliphatic rings. The van der Waals surface area contributed by atoms with Crippen LogP contribution in [0.2, 0.25) is 0 Å². The van der Waals surface area contributed by atoms with Gasteiger partial charge in [-0.05, 0) is 0 Å². The molecule has 7 heteroatoms. The zero-order valence-electron chi connectivity index (χ0n) is 24.6. The number of benzene rings is 8. The second-order valence-corrected chi connectivity index (χ2v) is 13.9. The summed E-state index contributed by atoms with van der Waals surface area (Å²) in [5, 5.41) is 32.8. The van der Waals surface area contributed by atoms with E-state index in [0.29, 0.717) is 21.5 Å². The van der Waals surface area contributed by atoms with Crippen molar-refractivity contribution in [2.75, 3.05) is 0 Å². The summed E-state index contributed by atoms with van der Waals surface area (Å²) in [5.74, 6) is 0. The van der Waals surface area contributed by atoms with Crippen molar-refractivity contribution in [3.05, 3.63) is 154 Å². The molecular formula is C40H22N2O4Se. The van der Waals surface area contributed by atoms with Crippen molar-refractivity contribution in [2.45, 2.75) is 0 Å². The number of rotatable bonds is 4. The Morgan fingerprint density at radius 3 is 1.19 bits per heavy atom. The zero-order chi connectivity index (χ0) is 31.8. The van der Waals surface area contributed by atoms with Gasteiger partial charge in [-0.15, -0.1) is 0 Å². The molecule has 0 spiro atoms. The summed E-state index contributed by atoms with van der Waals surface area (Å²) in [5.41, 5.74) is 4.32. The molecule has 1 aromatic heterocycles. The van der Waals surface area contributed by atoms with Gasteiger partial charge in [0.05, 0.1) is 0 Å². The standard InChI is InChI=1S/C40H22N2O4Se/c43-41(44)39-30-13-5-1-9-26(30)37(27-10-2-6-14-31(27)39)23-18-20-35-34(21-23)25-19-17-24(22-36(25)47-35)38-28-11-3-7-15-32(28)40(42(45)46)33-16-8-4-12-29(33)38/h1-22H. The van der Waals surface area contributed by atoms with Crippen LogP contribution in [0.3, 0.4) is 0 Å². The van der Waals surface area contributed by atoms with Crippen LogP contribution in [-0.2, 0) is 0 Å². The Hall–Kier alpha value is -5.88. The predicted molar refractivity (Wildman–Crippen MR) is 193 cm³/mol. The van der Waals surface area contributed by atoms with Gasteiger partial charge in [0.25, 0.3) is 0 Å². The van der Waals surface area contributed by atoms with Gasteiger partial charge in [-0.2, -0.15) is 0 Å². The number of non-ortho nitro benzene ring substituents is 2. The van der Waals surface area contributed by atoms with E-state index < -0.39 is 0 Å². The van der Waals surface area contributed by atoms with Gasteiger partial charge in [0, 0.05) is 0 Å². The van der Waals surface area contributed by atoms with Crippen molar-refractivity contribution in [1.29, 1.82) is 0 Å². The fourth-order valence-electron chi connectivity index (χ4n) is 7.31. The number of hydrogen-bond donors (Lipinski definition) is 0. The van der Waals surface area contributed by atoms with E-state index in [4.69, 9.17) is 0 Å². The molecule has 8 aromatic carbocycles. The topological polar surface area (TPSA) is 86.3 Å². The molecule has 0 radical (unpaired) electrons. The van der Waals surface area contributed by atoms with Gasteiger partial charge in [-0.3, -0.25) is 0 Å². The van der Waals surface area contributed by atoms with E-state index in [-0.39, 0.29) is 35.7 Å². The summed E-state index contributed by atoms with van der Waals surface area (Å²) in [6.45, 7) is 0. The van der Waals surface area contributed by atoms with E-state index in [2.05, 4.69) is 36.4 Å². The van der Waals surface area contributed by atoms with Crippen molar-refractivity contribution in [3.63, 3.8) is 0 Å². The molecule has 0 amide bonds. The van der Waals surface area contributed by atoms with Crippen molar-refractivity contribution in [1.82, 2.24) is 0 Å². The molecule has 0 saturated carbocycles. The average molecular weight is 674 g/mol. The van der Waals surface area contributed by atoms with Crippen LogP contribution in [0.25, 0.3) is 84.6 Å². The predicted octanol–water partition coefficient (Wildman–Crippen LogP) is 10.8. The molecule has 0 saturated heterocycles. The van der Waals surface area contributed by atoms with Crippen LogP contribution in [0.15, 0.2) is 133 Å². The van der Waals surface area contributed by atoms with E-state index >= 15 is 0 Å². The van der Waals surface area contributed by atoms with E-state index in [9.17, 15) is 20.2 Å². The Morgan fingerprint density at radius 1 is 0.383 bits per heavy atom. The van der Waals surface area contributed by atoms with Crippen LogP contribution in [0, 0.1) is 20.2 Å². The second-order valence-electron chi connectivity index (χ2n) is 11.7. The first kappa shape index (κ1) is 27.4. The molecule has 222 valence electrons. The quantitative estimate of drug-likeness (QED) is 0.0805. The van der Waals surface area contributed by atoms with Gasteiger partial charge < -0.3 is 0 Å². The average Bonchev–Trinajstić information content (AvgIpc) is 3.46. The number of fused-ring (bicyclic) bond motifs is 7. The fourth-order valence-corrected chi connectivity index (χ4v) is 9.68. The van der Waals surface area contributed by atoms with Gasteiger partial charge in [0.15, 0.2) is 0 Å². The van der Waals surface area contributed by atoms with E-state index in [0.717, 1.165) is 43.8 Å². The molecule has 0 atom stereocenters. The van der Waals surface area contributed by atoms with Crippen LogP contribution < -0.4 is 0 Å². The molecule has 47 heavy (non-hydrogen) atoms. The molecule has 0 aliphatic heterocycles.